The van der Waals surface area contributed by atoms with Gasteiger partial charge in [0, 0.05) is 36.5 Å². The van der Waals surface area contributed by atoms with Gasteiger partial charge in [-0.3, -0.25) is 24.6 Å². The van der Waals surface area contributed by atoms with E-state index in [0.29, 0.717) is 36.4 Å². The number of non-ortho nitro benzene ring substituents is 1. The number of rotatable bonds is 5. The van der Waals surface area contributed by atoms with Crippen molar-refractivity contribution >= 4 is 35.2 Å². The lowest BCUT2D eigenvalue weighted by Crippen LogP contribution is -2.68. The second-order valence-corrected chi connectivity index (χ2v) is 8.29. The molecule has 11 heteroatoms. The molecule has 0 spiro atoms. The van der Waals surface area contributed by atoms with Crippen LogP contribution in [0.15, 0.2) is 47.2 Å². The molecule has 3 aliphatic heterocycles. The van der Waals surface area contributed by atoms with Gasteiger partial charge in [-0.1, -0.05) is 12.1 Å². The molecule has 2 amide bonds. The van der Waals surface area contributed by atoms with Crippen LogP contribution in [-0.4, -0.2) is 61.3 Å². The fourth-order valence-electron chi connectivity index (χ4n) is 3.76. The van der Waals surface area contributed by atoms with Gasteiger partial charge in [-0.15, -0.1) is 11.8 Å². The van der Waals surface area contributed by atoms with Crippen LogP contribution in [0.3, 0.4) is 0 Å². The first-order valence-corrected chi connectivity index (χ1v) is 10.2. The molecule has 0 aliphatic carbocycles. The maximum Gasteiger partial charge on any atom is 0.352 e. The summed E-state index contributed by atoms with van der Waals surface area (Å²) in [4.78, 5) is 49.7. The summed E-state index contributed by atoms with van der Waals surface area (Å²) in [5.41, 5.74) is 7.27. The third kappa shape index (κ3) is 3.35. The van der Waals surface area contributed by atoms with Gasteiger partial charge in [0.05, 0.1) is 4.92 Å². The Bertz CT molecular complexity index is 1020. The Hall–Kier alpha value is -3.18. The number of nitrogens with zero attached hydrogens (tertiary/aromatic N) is 3. The molecule has 3 aliphatic rings. The van der Waals surface area contributed by atoms with E-state index in [1.165, 1.54) is 28.8 Å². The highest BCUT2D eigenvalue weighted by atomic mass is 32.2. The van der Waals surface area contributed by atoms with Gasteiger partial charge in [-0.25, -0.2) is 4.79 Å². The average Bonchev–Trinajstić information content (AvgIpc) is 3.06. The van der Waals surface area contributed by atoms with Crippen LogP contribution in [0.1, 0.15) is 12.0 Å². The number of nitrogens with two attached hydrogens (primary N) is 1. The Morgan fingerprint density at radius 3 is 2.67 bits per heavy atom. The highest BCUT2D eigenvalue weighted by Crippen LogP contribution is 2.40. The largest absolute Gasteiger partial charge is 0.477 e. The van der Waals surface area contributed by atoms with Crippen LogP contribution in [-0.2, 0) is 20.9 Å². The number of benzene rings is 1. The molecule has 4 rings (SSSR count). The van der Waals surface area contributed by atoms with Crippen molar-refractivity contribution in [3.05, 3.63) is 62.9 Å². The molecule has 2 fully saturated rings. The zero-order valence-corrected chi connectivity index (χ0v) is 16.5. The quantitative estimate of drug-likeness (QED) is 0.302. The van der Waals surface area contributed by atoms with Crippen LogP contribution < -0.4 is 5.73 Å². The molecule has 3 heterocycles. The van der Waals surface area contributed by atoms with E-state index < -0.39 is 22.8 Å². The van der Waals surface area contributed by atoms with E-state index in [1.807, 2.05) is 0 Å². The second-order valence-electron chi connectivity index (χ2n) is 7.18. The predicted molar refractivity (Wildman–Crippen MR) is 107 cm³/mol. The lowest BCUT2D eigenvalue weighted by atomic mass is 10.0. The fraction of sp³-hybridized carbons (Fsp3) is 0.316. The van der Waals surface area contributed by atoms with Crippen LogP contribution in [0, 0.1) is 10.1 Å². The van der Waals surface area contributed by atoms with Gasteiger partial charge in [0.2, 0.25) is 11.8 Å². The van der Waals surface area contributed by atoms with E-state index in [1.54, 1.807) is 23.1 Å². The highest BCUT2D eigenvalue weighted by Gasteiger charge is 2.51. The van der Waals surface area contributed by atoms with Crippen LogP contribution in [0.25, 0.3) is 0 Å². The van der Waals surface area contributed by atoms with E-state index in [0.717, 1.165) is 5.56 Å². The molecule has 3 N–H and O–H groups in total. The number of β-lactam (4-membered cyclic amide) rings is 1. The summed E-state index contributed by atoms with van der Waals surface area (Å²) in [5, 5.41) is 20.0. The summed E-state index contributed by atoms with van der Waals surface area (Å²) in [5.74, 6) is -1.52. The zero-order valence-electron chi connectivity index (χ0n) is 15.7. The molecule has 0 bridgehead atoms. The van der Waals surface area contributed by atoms with Crippen molar-refractivity contribution in [3.8, 4) is 0 Å². The number of carbonyl (C=O) groups is 3. The first kappa shape index (κ1) is 20.1. The average molecular weight is 430 g/mol. The first-order chi connectivity index (χ1) is 14.3. The first-order valence-electron chi connectivity index (χ1n) is 9.18. The lowest BCUT2D eigenvalue weighted by molar-refractivity contribution is -0.384. The molecule has 2 saturated heterocycles. The molecule has 2 atom stereocenters. The molecule has 0 saturated carbocycles. The number of carbonyl (C=O) groups excluding carboxylic acids is 2. The maximum absolute atomic E-state index is 12.8. The van der Waals surface area contributed by atoms with Gasteiger partial charge in [0.1, 0.15) is 17.1 Å². The minimum atomic E-state index is -1.22. The normalized spacial score (nSPS) is 24.9. The molecule has 30 heavy (non-hydrogen) atoms. The number of aliphatic carboxylic acids is 1. The minimum absolute atomic E-state index is 0.0198. The van der Waals surface area contributed by atoms with Crippen molar-refractivity contribution in [2.24, 2.45) is 5.73 Å². The molecule has 0 aromatic heterocycles. The number of carboxylic acids is 1. The van der Waals surface area contributed by atoms with Gasteiger partial charge in [-0.05, 0) is 23.6 Å². The number of hydrogen-bond acceptors (Lipinski definition) is 7. The Balaban J connectivity index is 1.53. The van der Waals surface area contributed by atoms with Gasteiger partial charge >= 0.3 is 5.97 Å². The topological polar surface area (TPSA) is 147 Å². The fourth-order valence-corrected chi connectivity index (χ4v) is 5.01. The zero-order chi connectivity index (χ0) is 21.6. The number of nitro groups is 1. The van der Waals surface area contributed by atoms with Crippen molar-refractivity contribution in [2.75, 3.05) is 12.3 Å². The minimum Gasteiger partial charge on any atom is -0.477 e. The summed E-state index contributed by atoms with van der Waals surface area (Å²) < 4.78 is 0. The molecule has 156 valence electrons. The summed E-state index contributed by atoms with van der Waals surface area (Å²) in [7, 11) is 0. The van der Waals surface area contributed by atoms with Crippen molar-refractivity contribution in [1.29, 1.82) is 0 Å². The van der Waals surface area contributed by atoms with Crippen molar-refractivity contribution < 1.29 is 24.4 Å². The lowest BCUT2D eigenvalue weighted by Gasteiger charge is -2.47. The van der Waals surface area contributed by atoms with E-state index in [4.69, 9.17) is 5.73 Å². The molecular weight excluding hydrogens is 412 g/mol. The Morgan fingerprint density at radius 2 is 2.03 bits per heavy atom. The van der Waals surface area contributed by atoms with Crippen molar-refractivity contribution in [2.45, 2.75) is 24.4 Å². The van der Waals surface area contributed by atoms with Crippen LogP contribution in [0.4, 0.5) is 5.69 Å². The number of amides is 2. The van der Waals surface area contributed by atoms with E-state index in [-0.39, 0.29) is 22.7 Å². The number of allylic oxidation sites excluding steroid dienone is 1. The van der Waals surface area contributed by atoms with Crippen LogP contribution >= 0.6 is 11.8 Å². The molecule has 10 nitrogen and oxygen atoms in total. The second kappa shape index (κ2) is 7.58. The van der Waals surface area contributed by atoms with Gasteiger partial charge in [-0.2, -0.15) is 0 Å². The van der Waals surface area contributed by atoms with Gasteiger partial charge < -0.3 is 15.7 Å². The molecule has 0 radical (unpaired) electrons. The number of thioether (sulfide) groups is 1. The summed E-state index contributed by atoms with van der Waals surface area (Å²) in [6.45, 7) is 0.760. The number of fused-ring (bicyclic) bond motifs is 1. The standard InChI is InChI=1S/C19H18N4O6S/c20-14-17(25)22-15(19(26)27)12(9-30-18(14)22)7-11-5-6-21(16(11)24)8-10-1-3-13(4-2-10)23(28)29/h1-4,7,14,18H,5-6,8-9,20H2,(H,26,27)/b11-7+/t14-,18-/m1/s1. The molecular formula is C19H18N4O6S. The number of likely N-dealkylation sites (tertiary alicyclic amines) is 1. The third-order valence-corrected chi connectivity index (χ3v) is 6.65. The highest BCUT2D eigenvalue weighted by molar-refractivity contribution is 8.00. The van der Waals surface area contributed by atoms with E-state index in [9.17, 15) is 29.6 Å². The molecule has 0 unspecified atom stereocenters. The van der Waals surface area contributed by atoms with Gasteiger partial charge in [0.15, 0.2) is 0 Å². The van der Waals surface area contributed by atoms with E-state index >= 15 is 0 Å². The van der Waals surface area contributed by atoms with Crippen molar-refractivity contribution in [1.82, 2.24) is 9.80 Å². The molecule has 1 aromatic carbocycles. The summed E-state index contributed by atoms with van der Waals surface area (Å²) in [6, 6.07) is 5.29. The Morgan fingerprint density at radius 1 is 1.33 bits per heavy atom. The van der Waals surface area contributed by atoms with Crippen LogP contribution in [0.5, 0.6) is 0 Å². The summed E-state index contributed by atoms with van der Waals surface area (Å²) >= 11 is 1.38. The van der Waals surface area contributed by atoms with Crippen molar-refractivity contribution in [3.63, 3.8) is 0 Å². The van der Waals surface area contributed by atoms with Crippen LogP contribution in [0.2, 0.25) is 0 Å². The number of carboxylic acid groups (broad SMARTS) is 1. The summed E-state index contributed by atoms with van der Waals surface area (Å²) in [6.07, 6.45) is 2.02. The Kier molecular flexibility index (Phi) is 5.08. The SMILES string of the molecule is N[C@@H]1C(=O)N2C(C(=O)O)=C(/C=C3\CCN(Cc4ccc([N+](=O)[O-])cc4)C3=O)CS[C@H]12. The number of nitro benzene ring substituents is 1. The smallest absolute Gasteiger partial charge is 0.352 e. The van der Waals surface area contributed by atoms with E-state index in [2.05, 4.69) is 0 Å². The number of hydrogen-bond donors (Lipinski definition) is 2. The Labute approximate surface area is 175 Å². The van der Waals surface area contributed by atoms with Gasteiger partial charge in [0.25, 0.3) is 5.69 Å². The monoisotopic (exact) mass is 430 g/mol. The maximum atomic E-state index is 12.8. The predicted octanol–water partition coefficient (Wildman–Crippen LogP) is 0.835. The third-order valence-electron chi connectivity index (χ3n) is 5.32. The molecule has 1 aromatic rings.